The van der Waals surface area contributed by atoms with Gasteiger partial charge in [-0.2, -0.15) is 0 Å². The van der Waals surface area contributed by atoms with Gasteiger partial charge in [0.2, 0.25) is 0 Å². The molecule has 0 spiro atoms. The van der Waals surface area contributed by atoms with E-state index in [1.54, 1.807) is 0 Å². The summed E-state index contributed by atoms with van der Waals surface area (Å²) in [6.07, 6.45) is 7.87. The van der Waals surface area contributed by atoms with Crippen LogP contribution in [-0.2, 0) is 26.2 Å². The zero-order valence-electron chi connectivity index (χ0n) is 20.1. The first kappa shape index (κ1) is 22.6. The Balaban J connectivity index is 0.000000142. The smallest absolute Gasteiger partial charge is 0.0949 e. The van der Waals surface area contributed by atoms with Crippen molar-refractivity contribution in [2.24, 2.45) is 0 Å². The number of imidazole rings is 2. The number of aromatic nitrogens is 4. The first-order valence-corrected chi connectivity index (χ1v) is 12.2. The van der Waals surface area contributed by atoms with E-state index in [0.29, 0.717) is 11.8 Å². The van der Waals surface area contributed by atoms with Crippen molar-refractivity contribution in [2.75, 3.05) is 13.1 Å². The summed E-state index contributed by atoms with van der Waals surface area (Å²) in [5, 5.41) is 6.97. The molecule has 4 heterocycles. The van der Waals surface area contributed by atoms with Gasteiger partial charge in [-0.05, 0) is 36.1 Å². The molecule has 0 aliphatic carbocycles. The Bertz CT molecular complexity index is 1220. The Morgan fingerprint density at radius 1 is 0.824 bits per heavy atom. The molecule has 176 valence electrons. The van der Waals surface area contributed by atoms with E-state index in [0.717, 1.165) is 45.0 Å². The molecule has 0 amide bonds. The fraction of sp³-hybridized carbons (Fsp3) is 0.357. The van der Waals surface area contributed by atoms with Gasteiger partial charge in [-0.1, -0.05) is 48.5 Å². The van der Waals surface area contributed by atoms with Crippen LogP contribution in [0.4, 0.5) is 0 Å². The van der Waals surface area contributed by atoms with Crippen LogP contribution in [0.1, 0.15) is 45.5 Å². The molecular weight excluding hydrogens is 420 g/mol. The molecule has 2 aliphatic rings. The molecule has 2 aromatic carbocycles. The lowest BCUT2D eigenvalue weighted by Gasteiger charge is -2.27. The molecule has 6 nitrogen and oxygen atoms in total. The molecule has 2 aromatic heterocycles. The molecule has 2 N–H and O–H groups in total. The highest BCUT2D eigenvalue weighted by molar-refractivity contribution is 5.33. The van der Waals surface area contributed by atoms with Gasteiger partial charge >= 0.3 is 0 Å². The van der Waals surface area contributed by atoms with Crippen LogP contribution < -0.4 is 10.6 Å². The summed E-state index contributed by atoms with van der Waals surface area (Å²) in [6, 6.07) is 17.4. The largest absolute Gasteiger partial charge is 0.337 e. The van der Waals surface area contributed by atoms with Crippen LogP contribution in [-0.4, -0.2) is 32.2 Å². The summed E-state index contributed by atoms with van der Waals surface area (Å²) >= 11 is 0. The van der Waals surface area contributed by atoms with Gasteiger partial charge in [-0.25, -0.2) is 9.97 Å². The van der Waals surface area contributed by atoms with E-state index in [1.165, 1.54) is 27.9 Å². The fourth-order valence-corrected chi connectivity index (χ4v) is 5.14. The Morgan fingerprint density at radius 2 is 1.44 bits per heavy atom. The summed E-state index contributed by atoms with van der Waals surface area (Å²) in [5.41, 5.74) is 8.15. The second kappa shape index (κ2) is 10.4. The fourth-order valence-electron chi connectivity index (χ4n) is 5.14. The van der Waals surface area contributed by atoms with Crippen molar-refractivity contribution < 1.29 is 0 Å². The zero-order chi connectivity index (χ0) is 23.3. The lowest BCUT2D eigenvalue weighted by molar-refractivity contribution is 0.477. The summed E-state index contributed by atoms with van der Waals surface area (Å²) in [5.74, 6) is 1.10. The Labute approximate surface area is 202 Å². The van der Waals surface area contributed by atoms with Crippen LogP contribution in [0.25, 0.3) is 0 Å². The van der Waals surface area contributed by atoms with Gasteiger partial charge < -0.3 is 19.8 Å². The highest BCUT2D eigenvalue weighted by Crippen LogP contribution is 2.26. The number of nitrogens with zero attached hydrogens (tertiary/aromatic N) is 4. The van der Waals surface area contributed by atoms with Gasteiger partial charge in [0.05, 0.1) is 18.3 Å². The molecule has 34 heavy (non-hydrogen) atoms. The van der Waals surface area contributed by atoms with Crippen LogP contribution in [0.5, 0.6) is 0 Å². The number of nitrogens with one attached hydrogen (secondary N) is 2. The summed E-state index contributed by atoms with van der Waals surface area (Å²) in [7, 11) is 0. The second-order valence-electron chi connectivity index (χ2n) is 9.45. The van der Waals surface area contributed by atoms with E-state index in [-0.39, 0.29) is 0 Å². The molecule has 6 rings (SSSR count). The minimum absolute atomic E-state index is 0.549. The lowest BCUT2D eigenvalue weighted by Crippen LogP contribution is -2.30. The quantitative estimate of drug-likeness (QED) is 0.486. The van der Waals surface area contributed by atoms with E-state index in [9.17, 15) is 0 Å². The zero-order valence-corrected chi connectivity index (χ0v) is 20.1. The van der Waals surface area contributed by atoms with Crippen LogP contribution >= 0.6 is 0 Å². The van der Waals surface area contributed by atoms with Crippen molar-refractivity contribution in [1.29, 1.82) is 0 Å². The molecule has 0 saturated carbocycles. The normalized spacial score (nSPS) is 19.0. The number of rotatable bonds is 4. The van der Waals surface area contributed by atoms with E-state index in [1.807, 2.05) is 25.8 Å². The third-order valence-corrected chi connectivity index (χ3v) is 6.93. The standard InChI is InChI=1S/2C14H17N3/c1-11-8-17(10-16-11)9-13-7-15-6-12-4-2-3-5-14(12)13;1-11-6-16-10-17(11)9-13-8-15-7-12-4-2-3-5-14(12)13/h2-5,8,10,13,15H,6-7,9H2,1H3;2-6,10,13,15H,7-9H2,1H3. The average Bonchev–Trinajstić information content (AvgIpc) is 3.47. The number of aryl methyl sites for hydroxylation is 2. The molecule has 4 aromatic rings. The molecule has 2 aliphatic heterocycles. The molecule has 2 atom stereocenters. The molecule has 0 fully saturated rings. The molecule has 0 bridgehead atoms. The summed E-state index contributed by atoms with van der Waals surface area (Å²) < 4.78 is 4.41. The highest BCUT2D eigenvalue weighted by Gasteiger charge is 2.20. The minimum Gasteiger partial charge on any atom is -0.337 e. The number of benzene rings is 2. The van der Waals surface area contributed by atoms with Crippen molar-refractivity contribution in [3.8, 4) is 0 Å². The Hall–Kier alpha value is -3.22. The molecule has 6 heteroatoms. The third kappa shape index (κ3) is 5.13. The number of hydrogen-bond acceptors (Lipinski definition) is 4. The van der Waals surface area contributed by atoms with Gasteiger partial charge in [0.25, 0.3) is 0 Å². The first-order valence-electron chi connectivity index (χ1n) is 12.2. The molecular formula is C28H34N6. The van der Waals surface area contributed by atoms with Crippen molar-refractivity contribution in [3.63, 3.8) is 0 Å². The highest BCUT2D eigenvalue weighted by atomic mass is 15.1. The van der Waals surface area contributed by atoms with Gasteiger partial charge in [0.1, 0.15) is 0 Å². The van der Waals surface area contributed by atoms with Gasteiger partial charge in [0.15, 0.2) is 0 Å². The molecule has 0 radical (unpaired) electrons. The van der Waals surface area contributed by atoms with Gasteiger partial charge in [0, 0.05) is 69.2 Å². The van der Waals surface area contributed by atoms with Crippen molar-refractivity contribution in [1.82, 2.24) is 29.7 Å². The first-order chi connectivity index (χ1) is 16.7. The van der Waals surface area contributed by atoms with E-state index >= 15 is 0 Å². The van der Waals surface area contributed by atoms with Crippen LogP contribution in [0.3, 0.4) is 0 Å². The molecule has 2 unspecified atom stereocenters. The van der Waals surface area contributed by atoms with E-state index in [2.05, 4.69) is 91.4 Å². The predicted molar refractivity (Wildman–Crippen MR) is 136 cm³/mol. The lowest BCUT2D eigenvalue weighted by atomic mass is 9.91. The van der Waals surface area contributed by atoms with E-state index < -0.39 is 0 Å². The maximum Gasteiger partial charge on any atom is 0.0949 e. The summed E-state index contributed by atoms with van der Waals surface area (Å²) in [6.45, 7) is 10.2. The van der Waals surface area contributed by atoms with Crippen LogP contribution in [0, 0.1) is 13.8 Å². The van der Waals surface area contributed by atoms with Crippen LogP contribution in [0.2, 0.25) is 0 Å². The number of fused-ring (bicyclic) bond motifs is 2. The Kier molecular flexibility index (Phi) is 6.88. The summed E-state index contributed by atoms with van der Waals surface area (Å²) in [4.78, 5) is 8.47. The predicted octanol–water partition coefficient (Wildman–Crippen LogP) is 4.16. The monoisotopic (exact) mass is 454 g/mol. The maximum atomic E-state index is 4.28. The topological polar surface area (TPSA) is 59.7 Å². The van der Waals surface area contributed by atoms with Crippen molar-refractivity contribution in [2.45, 2.75) is 51.9 Å². The van der Waals surface area contributed by atoms with Gasteiger partial charge in [-0.3, -0.25) is 0 Å². The van der Waals surface area contributed by atoms with Crippen molar-refractivity contribution in [3.05, 3.63) is 107 Å². The van der Waals surface area contributed by atoms with Crippen LogP contribution in [0.15, 0.2) is 73.6 Å². The Morgan fingerprint density at radius 3 is 2.00 bits per heavy atom. The molecule has 0 saturated heterocycles. The second-order valence-corrected chi connectivity index (χ2v) is 9.45. The third-order valence-electron chi connectivity index (χ3n) is 6.93. The van der Waals surface area contributed by atoms with E-state index in [4.69, 9.17) is 0 Å². The SMILES string of the molecule is Cc1cn(CC2CNCc3ccccc32)cn1.Cc1cncn1CC1CNCc2ccccc21. The van der Waals surface area contributed by atoms with Crippen molar-refractivity contribution >= 4 is 0 Å². The number of hydrogen-bond donors (Lipinski definition) is 2. The average molecular weight is 455 g/mol. The maximum absolute atomic E-state index is 4.28. The minimum atomic E-state index is 0.549. The van der Waals surface area contributed by atoms with Gasteiger partial charge in [-0.15, -0.1) is 0 Å².